The third kappa shape index (κ3) is 6.69. The molecule has 12 heteroatoms. The Morgan fingerprint density at radius 2 is 1.36 bits per heavy atom. The fraction of sp³-hybridized carbons (Fsp3) is 0.296. The van der Waals surface area contributed by atoms with Crippen molar-refractivity contribution in [3.05, 3.63) is 72.3 Å². The van der Waals surface area contributed by atoms with Crippen LogP contribution in [0.15, 0.2) is 66.7 Å². The molecule has 5 atom stereocenters. The Morgan fingerprint density at radius 3 is 2.08 bits per heavy atom. The molecule has 3 aromatic carbocycles. The van der Waals surface area contributed by atoms with E-state index in [-0.39, 0.29) is 25.4 Å². The van der Waals surface area contributed by atoms with Crippen molar-refractivity contribution in [2.45, 2.75) is 30.7 Å². The van der Waals surface area contributed by atoms with Gasteiger partial charge in [-0.15, -0.1) is 0 Å². The summed E-state index contributed by atoms with van der Waals surface area (Å²) in [6.45, 7) is -0.0673. The number of phenols is 2. The van der Waals surface area contributed by atoms with Crippen LogP contribution in [0, 0.1) is 0 Å². The molecule has 1 fully saturated rings. The summed E-state index contributed by atoms with van der Waals surface area (Å²) in [5.41, 5.74) is 0.241. The molecule has 12 nitrogen and oxygen atoms in total. The number of ether oxygens (including phenoxy) is 4. The number of benzene rings is 3. The molecule has 1 unspecified atom stereocenters. The topological polar surface area (TPSA) is 187 Å². The Kier molecular flexibility index (Phi) is 9.07. The van der Waals surface area contributed by atoms with Crippen molar-refractivity contribution >= 4 is 11.6 Å². The first kappa shape index (κ1) is 28.0. The zero-order valence-electron chi connectivity index (χ0n) is 20.6. The molecule has 0 aromatic heterocycles. The van der Waals surface area contributed by atoms with Crippen molar-refractivity contribution in [2.75, 3.05) is 25.1 Å². The Bertz CT molecular complexity index is 1270. The van der Waals surface area contributed by atoms with Crippen LogP contribution >= 0.6 is 0 Å². The summed E-state index contributed by atoms with van der Waals surface area (Å²) in [6, 6.07) is 17.4. The zero-order chi connectivity index (χ0) is 27.9. The smallest absolute Gasteiger partial charge is 0.259 e. The van der Waals surface area contributed by atoms with Crippen molar-refractivity contribution in [3.63, 3.8) is 0 Å². The quantitative estimate of drug-likeness (QED) is 0.143. The van der Waals surface area contributed by atoms with E-state index in [2.05, 4.69) is 5.32 Å². The second-order valence-electron chi connectivity index (χ2n) is 8.62. The summed E-state index contributed by atoms with van der Waals surface area (Å²) >= 11 is 0. The molecule has 1 aliphatic heterocycles. The highest BCUT2D eigenvalue weighted by Gasteiger charge is 2.43. The van der Waals surface area contributed by atoms with E-state index in [1.807, 2.05) is 0 Å². The molecule has 7 N–H and O–H groups in total. The Hall–Kier alpha value is -4.07. The van der Waals surface area contributed by atoms with E-state index < -0.39 is 48.1 Å². The van der Waals surface area contributed by atoms with Gasteiger partial charge in [-0.2, -0.15) is 0 Å². The Morgan fingerprint density at radius 1 is 0.744 bits per heavy atom. The predicted molar refractivity (Wildman–Crippen MR) is 136 cm³/mol. The molecule has 208 valence electrons. The summed E-state index contributed by atoms with van der Waals surface area (Å²) in [5.74, 6) is -0.567. The van der Waals surface area contributed by atoms with Crippen LogP contribution in [-0.4, -0.2) is 87.1 Å². The molecule has 1 amide bonds. The van der Waals surface area contributed by atoms with Gasteiger partial charge in [-0.3, -0.25) is 4.79 Å². The number of hydrogen-bond donors (Lipinski definition) is 7. The van der Waals surface area contributed by atoms with Crippen molar-refractivity contribution in [1.82, 2.24) is 0 Å². The lowest BCUT2D eigenvalue weighted by Crippen LogP contribution is -2.58. The van der Waals surface area contributed by atoms with Gasteiger partial charge in [0.05, 0.1) is 11.3 Å². The van der Waals surface area contributed by atoms with E-state index >= 15 is 0 Å². The number of aromatic hydroxyl groups is 2. The van der Waals surface area contributed by atoms with Gasteiger partial charge in [-0.25, -0.2) is 0 Å². The number of hydrogen-bond acceptors (Lipinski definition) is 11. The average molecular weight is 544 g/mol. The molecule has 0 aliphatic carbocycles. The first-order chi connectivity index (χ1) is 18.8. The number of phenolic OH excluding ortho intramolecular Hbond substituents is 2. The van der Waals surface area contributed by atoms with Gasteiger partial charge >= 0.3 is 0 Å². The number of anilines is 1. The number of carbonyl (C=O) groups is 1. The normalized spacial score (nSPS) is 22.6. The van der Waals surface area contributed by atoms with Crippen LogP contribution in [0.25, 0.3) is 0 Å². The molecule has 4 rings (SSSR count). The number of aliphatic hydroxyl groups is 4. The fourth-order valence-electron chi connectivity index (χ4n) is 3.83. The summed E-state index contributed by atoms with van der Waals surface area (Å²) < 4.78 is 22.3. The summed E-state index contributed by atoms with van der Waals surface area (Å²) in [7, 11) is 0. The van der Waals surface area contributed by atoms with Gasteiger partial charge in [0.15, 0.2) is 29.3 Å². The summed E-state index contributed by atoms with van der Waals surface area (Å²) in [5, 5.41) is 61.5. The lowest BCUT2D eigenvalue weighted by molar-refractivity contribution is -0.285. The minimum Gasteiger partial charge on any atom is -0.504 e. The standard InChI is InChI=1S/C27H29NO11/c29-17-8-5-6-15(22(17)30)26(34)28-16-7-1-2-9-18(16)36-12-13-37-19-10-3-4-11-20(19)38-14-21-23(31)24(32)25(33)27(35)39-21/h1-11,21,23-25,27,29-33,35H,12-14H2,(H,28,34)/t21-,23-,24+,25-,27?/m1/s1. The van der Waals surface area contributed by atoms with Crippen LogP contribution < -0.4 is 19.5 Å². The first-order valence-electron chi connectivity index (χ1n) is 12.0. The number of para-hydroxylation sites is 5. The highest BCUT2D eigenvalue weighted by Crippen LogP contribution is 2.31. The molecule has 3 aromatic rings. The second-order valence-corrected chi connectivity index (χ2v) is 8.62. The molecule has 0 radical (unpaired) electrons. The number of carbonyl (C=O) groups excluding carboxylic acids is 1. The molecule has 1 aliphatic rings. The van der Waals surface area contributed by atoms with E-state index in [4.69, 9.17) is 18.9 Å². The molecule has 1 saturated heterocycles. The maximum atomic E-state index is 12.6. The third-order valence-corrected chi connectivity index (χ3v) is 5.93. The van der Waals surface area contributed by atoms with Crippen molar-refractivity contribution in [3.8, 4) is 28.7 Å². The molecule has 39 heavy (non-hydrogen) atoms. The van der Waals surface area contributed by atoms with Crippen LogP contribution in [0.5, 0.6) is 28.7 Å². The maximum Gasteiger partial charge on any atom is 0.259 e. The van der Waals surface area contributed by atoms with Crippen molar-refractivity contribution in [2.24, 2.45) is 0 Å². The third-order valence-electron chi connectivity index (χ3n) is 5.93. The SMILES string of the molecule is O=C(Nc1ccccc1OCCOc1ccccc1OC[C@H]1OC(O)[C@H](O)[C@@H](O)[C@@H]1O)c1cccc(O)c1O. The van der Waals surface area contributed by atoms with Gasteiger partial charge in [-0.1, -0.05) is 30.3 Å². The fourth-order valence-corrected chi connectivity index (χ4v) is 3.83. The van der Waals surface area contributed by atoms with E-state index in [1.165, 1.54) is 18.2 Å². The van der Waals surface area contributed by atoms with Crippen molar-refractivity contribution < 1.29 is 54.4 Å². The minimum atomic E-state index is -1.67. The minimum absolute atomic E-state index is 0.0827. The first-order valence-corrected chi connectivity index (χ1v) is 12.0. The number of rotatable bonds is 10. The zero-order valence-corrected chi connectivity index (χ0v) is 20.6. The van der Waals surface area contributed by atoms with Crippen LogP contribution in [0.2, 0.25) is 0 Å². The summed E-state index contributed by atoms with van der Waals surface area (Å²) in [6.07, 6.45) is -7.46. The van der Waals surface area contributed by atoms with Gasteiger partial charge in [0.2, 0.25) is 0 Å². The highest BCUT2D eigenvalue weighted by atomic mass is 16.6. The molecule has 0 bridgehead atoms. The molecule has 1 heterocycles. The Labute approximate surface area is 223 Å². The monoisotopic (exact) mass is 543 g/mol. The van der Waals surface area contributed by atoms with Crippen LogP contribution in [0.3, 0.4) is 0 Å². The highest BCUT2D eigenvalue weighted by molar-refractivity contribution is 6.07. The van der Waals surface area contributed by atoms with Gasteiger partial charge in [0.25, 0.3) is 5.91 Å². The lowest BCUT2D eigenvalue weighted by atomic mass is 9.99. The van der Waals surface area contributed by atoms with Gasteiger partial charge in [0.1, 0.15) is 50.0 Å². The van der Waals surface area contributed by atoms with E-state index in [9.17, 15) is 35.4 Å². The van der Waals surface area contributed by atoms with Crippen LogP contribution in [0.1, 0.15) is 10.4 Å². The maximum absolute atomic E-state index is 12.6. The molecular formula is C27H29NO11. The number of nitrogens with one attached hydrogen (secondary N) is 1. The van der Waals surface area contributed by atoms with Crippen LogP contribution in [-0.2, 0) is 4.74 Å². The van der Waals surface area contributed by atoms with Gasteiger partial charge < -0.3 is 54.9 Å². The van der Waals surface area contributed by atoms with Crippen molar-refractivity contribution in [1.29, 1.82) is 0 Å². The van der Waals surface area contributed by atoms with E-state index in [0.717, 1.165) is 0 Å². The lowest BCUT2D eigenvalue weighted by Gasteiger charge is -2.38. The van der Waals surface area contributed by atoms with Gasteiger partial charge in [-0.05, 0) is 36.4 Å². The predicted octanol–water partition coefficient (Wildman–Crippen LogP) is 0.987. The summed E-state index contributed by atoms with van der Waals surface area (Å²) in [4.78, 5) is 12.6. The number of amides is 1. The average Bonchev–Trinajstić information content (AvgIpc) is 2.94. The number of aliphatic hydroxyl groups excluding tert-OH is 4. The Balaban J connectivity index is 1.31. The van der Waals surface area contributed by atoms with Crippen LogP contribution in [0.4, 0.5) is 5.69 Å². The van der Waals surface area contributed by atoms with Gasteiger partial charge in [0, 0.05) is 0 Å². The second kappa shape index (κ2) is 12.7. The van der Waals surface area contributed by atoms with E-state index in [0.29, 0.717) is 22.9 Å². The molecule has 0 saturated carbocycles. The molecular weight excluding hydrogens is 514 g/mol. The largest absolute Gasteiger partial charge is 0.504 e. The van der Waals surface area contributed by atoms with E-state index in [1.54, 1.807) is 48.5 Å². The molecule has 0 spiro atoms.